The molecule has 1 aliphatic heterocycles. The zero-order valence-electron chi connectivity index (χ0n) is 14.8. The average Bonchev–Trinajstić information content (AvgIpc) is 3.05. The van der Waals surface area contributed by atoms with Gasteiger partial charge in [0.2, 0.25) is 0 Å². The van der Waals surface area contributed by atoms with E-state index in [0.717, 1.165) is 16.6 Å². The van der Waals surface area contributed by atoms with Crippen molar-refractivity contribution in [1.29, 1.82) is 0 Å². The second-order valence-electron chi connectivity index (χ2n) is 6.68. The molecule has 9 heteroatoms. The zero-order valence-corrected chi connectivity index (χ0v) is 14.8. The van der Waals surface area contributed by atoms with Crippen LogP contribution in [0.25, 0.3) is 10.8 Å². The second kappa shape index (κ2) is 6.24. The first kappa shape index (κ1) is 16.6. The van der Waals surface area contributed by atoms with Gasteiger partial charge in [-0.1, -0.05) is 18.2 Å². The number of hydrogen-bond donors (Lipinski definition) is 3. The zero-order chi connectivity index (χ0) is 19.3. The fourth-order valence-electron chi connectivity index (χ4n) is 3.77. The molecule has 1 aliphatic rings. The Morgan fingerprint density at radius 2 is 1.96 bits per heavy atom. The van der Waals surface area contributed by atoms with Crippen LogP contribution in [-0.4, -0.2) is 25.0 Å². The number of anilines is 1. The van der Waals surface area contributed by atoms with E-state index in [1.165, 1.54) is 18.5 Å². The highest BCUT2D eigenvalue weighted by atomic mass is 19.1. The monoisotopic (exact) mass is 377 g/mol. The van der Waals surface area contributed by atoms with Gasteiger partial charge in [0.05, 0.1) is 28.7 Å². The number of aromatic nitrogens is 5. The lowest BCUT2D eigenvalue weighted by atomic mass is 9.88. The lowest BCUT2D eigenvalue weighted by Crippen LogP contribution is -2.32. The summed E-state index contributed by atoms with van der Waals surface area (Å²) in [5, 5.41) is 12.4. The molecule has 28 heavy (non-hydrogen) atoms. The van der Waals surface area contributed by atoms with E-state index in [2.05, 4.69) is 31.1 Å². The lowest BCUT2D eigenvalue weighted by molar-refractivity contribution is 0.486. The van der Waals surface area contributed by atoms with Gasteiger partial charge in [0, 0.05) is 12.4 Å². The molecular formula is C19H16FN7O. The minimum absolute atomic E-state index is 0.264. The Morgan fingerprint density at radius 3 is 2.71 bits per heavy atom. The molecule has 0 bridgehead atoms. The summed E-state index contributed by atoms with van der Waals surface area (Å²) in [5.41, 5.74) is 8.48. The maximum Gasteiger partial charge on any atom is 0.272 e. The fourth-order valence-corrected chi connectivity index (χ4v) is 3.77. The maximum absolute atomic E-state index is 13.5. The first-order valence-corrected chi connectivity index (χ1v) is 8.75. The number of rotatable bonds is 2. The van der Waals surface area contributed by atoms with E-state index in [4.69, 9.17) is 0 Å². The second-order valence-corrected chi connectivity index (χ2v) is 6.68. The third kappa shape index (κ3) is 2.48. The summed E-state index contributed by atoms with van der Waals surface area (Å²) in [6, 6.07) is 11.4. The molecule has 140 valence electrons. The summed E-state index contributed by atoms with van der Waals surface area (Å²) in [4.78, 5) is 16.8. The minimum atomic E-state index is -0.381. The summed E-state index contributed by atoms with van der Waals surface area (Å²) in [5.74, 6) is -0.0250. The molecule has 8 nitrogen and oxygen atoms in total. The molecular weight excluding hydrogens is 361 g/mol. The SMILES string of the molecule is Cn1ncnc1C1c2n[nH]c(=O)c3cccc(c23)NNC1c1ccc(F)cc1. The van der Waals surface area contributed by atoms with Gasteiger partial charge < -0.3 is 5.43 Å². The van der Waals surface area contributed by atoms with Crippen LogP contribution < -0.4 is 16.4 Å². The number of halogens is 1. The molecule has 0 radical (unpaired) electrons. The molecule has 4 aromatic rings. The predicted octanol–water partition coefficient (Wildman–Crippen LogP) is 1.99. The highest BCUT2D eigenvalue weighted by molar-refractivity contribution is 5.96. The number of nitrogens with one attached hydrogen (secondary N) is 3. The Balaban J connectivity index is 1.81. The van der Waals surface area contributed by atoms with Gasteiger partial charge in [0.15, 0.2) is 0 Å². The molecule has 2 atom stereocenters. The Hall–Kier alpha value is -3.59. The van der Waals surface area contributed by atoms with Gasteiger partial charge >= 0.3 is 0 Å². The minimum Gasteiger partial charge on any atom is -0.320 e. The quantitative estimate of drug-likeness (QED) is 0.494. The third-order valence-corrected chi connectivity index (χ3v) is 5.09. The van der Waals surface area contributed by atoms with Crippen molar-refractivity contribution >= 4 is 16.5 Å². The Morgan fingerprint density at radius 1 is 1.14 bits per heavy atom. The topological polar surface area (TPSA) is 101 Å². The molecule has 0 saturated carbocycles. The summed E-state index contributed by atoms with van der Waals surface area (Å²) in [6.07, 6.45) is 1.48. The van der Waals surface area contributed by atoms with Crippen LogP contribution in [0.4, 0.5) is 10.1 Å². The molecule has 0 spiro atoms. The first-order valence-electron chi connectivity index (χ1n) is 8.75. The molecule has 3 heterocycles. The van der Waals surface area contributed by atoms with Gasteiger partial charge in [-0.25, -0.2) is 19.9 Å². The van der Waals surface area contributed by atoms with Gasteiger partial charge in [0.25, 0.3) is 5.56 Å². The lowest BCUT2D eigenvalue weighted by Gasteiger charge is -2.25. The van der Waals surface area contributed by atoms with Crippen LogP contribution in [0.5, 0.6) is 0 Å². The number of benzene rings is 2. The van der Waals surface area contributed by atoms with Crippen LogP contribution in [-0.2, 0) is 7.05 Å². The van der Waals surface area contributed by atoms with Crippen molar-refractivity contribution in [2.24, 2.45) is 7.05 Å². The third-order valence-electron chi connectivity index (χ3n) is 5.09. The molecule has 0 saturated heterocycles. The van der Waals surface area contributed by atoms with Crippen molar-refractivity contribution in [2.45, 2.75) is 12.0 Å². The van der Waals surface area contributed by atoms with E-state index < -0.39 is 0 Å². The number of nitrogens with zero attached hydrogens (tertiary/aromatic N) is 4. The Kier molecular flexibility index (Phi) is 3.69. The summed E-state index contributed by atoms with van der Waals surface area (Å²) in [7, 11) is 1.80. The van der Waals surface area contributed by atoms with Crippen molar-refractivity contribution in [3.63, 3.8) is 0 Å². The molecule has 0 fully saturated rings. The summed E-state index contributed by atoms with van der Waals surface area (Å²) < 4.78 is 15.2. The standard InChI is InChI=1S/C19H16FN7O/c1-27-18(21-9-22-27)15-16(10-5-7-11(20)8-6-10)24-23-13-4-2-3-12-14(13)17(15)25-26-19(12)28/h2-9,15-16,23-24H,1H3,(H,26,28). The summed E-state index contributed by atoms with van der Waals surface area (Å²) in [6.45, 7) is 0. The average molecular weight is 377 g/mol. The number of aromatic amines is 1. The molecule has 0 amide bonds. The van der Waals surface area contributed by atoms with E-state index in [0.29, 0.717) is 16.9 Å². The van der Waals surface area contributed by atoms with E-state index in [9.17, 15) is 9.18 Å². The van der Waals surface area contributed by atoms with Gasteiger partial charge in [-0.15, -0.1) is 0 Å². The highest BCUT2D eigenvalue weighted by Gasteiger charge is 2.35. The van der Waals surface area contributed by atoms with Crippen molar-refractivity contribution in [3.8, 4) is 0 Å². The maximum atomic E-state index is 13.5. The van der Waals surface area contributed by atoms with Crippen LogP contribution in [0, 0.1) is 5.82 Å². The van der Waals surface area contributed by atoms with Crippen LogP contribution in [0.15, 0.2) is 53.6 Å². The Bertz CT molecular complexity index is 1230. The van der Waals surface area contributed by atoms with Crippen LogP contribution in [0.1, 0.15) is 29.0 Å². The van der Waals surface area contributed by atoms with Gasteiger partial charge in [-0.3, -0.25) is 9.48 Å². The van der Waals surface area contributed by atoms with E-state index in [1.54, 1.807) is 36.0 Å². The summed E-state index contributed by atoms with van der Waals surface area (Å²) >= 11 is 0. The van der Waals surface area contributed by atoms with Gasteiger partial charge in [-0.2, -0.15) is 10.2 Å². The van der Waals surface area contributed by atoms with Crippen molar-refractivity contribution in [1.82, 2.24) is 30.4 Å². The van der Waals surface area contributed by atoms with Crippen LogP contribution in [0.3, 0.4) is 0 Å². The van der Waals surface area contributed by atoms with Crippen LogP contribution >= 0.6 is 0 Å². The van der Waals surface area contributed by atoms with Gasteiger partial charge in [-0.05, 0) is 29.8 Å². The number of hydrazine groups is 1. The molecule has 0 aliphatic carbocycles. The van der Waals surface area contributed by atoms with Crippen molar-refractivity contribution < 1.29 is 4.39 Å². The first-order chi connectivity index (χ1) is 13.6. The molecule has 3 N–H and O–H groups in total. The number of hydrogen-bond acceptors (Lipinski definition) is 6. The smallest absolute Gasteiger partial charge is 0.272 e. The predicted molar refractivity (Wildman–Crippen MR) is 101 cm³/mol. The van der Waals surface area contributed by atoms with Gasteiger partial charge in [0.1, 0.15) is 18.0 Å². The molecule has 2 aromatic heterocycles. The highest BCUT2D eigenvalue weighted by Crippen LogP contribution is 2.41. The number of H-pyrrole nitrogens is 1. The van der Waals surface area contributed by atoms with E-state index in [1.807, 2.05) is 6.07 Å². The van der Waals surface area contributed by atoms with Crippen molar-refractivity contribution in [2.75, 3.05) is 5.43 Å². The fraction of sp³-hybridized carbons (Fsp3) is 0.158. The molecule has 2 aromatic carbocycles. The molecule has 5 rings (SSSR count). The Labute approximate surface area is 158 Å². The van der Waals surface area contributed by atoms with E-state index >= 15 is 0 Å². The van der Waals surface area contributed by atoms with Crippen molar-refractivity contribution in [3.05, 3.63) is 82.0 Å². The number of aryl methyl sites for hydroxylation is 1. The largest absolute Gasteiger partial charge is 0.320 e. The molecule has 2 unspecified atom stereocenters. The van der Waals surface area contributed by atoms with Crippen LogP contribution in [0.2, 0.25) is 0 Å². The normalized spacial score (nSPS) is 18.6. The van der Waals surface area contributed by atoms with E-state index in [-0.39, 0.29) is 23.3 Å².